The molecule has 0 unspecified atom stereocenters. The minimum atomic E-state index is -0.320. The quantitative estimate of drug-likeness (QED) is 0.397. The van der Waals surface area contributed by atoms with E-state index in [1.165, 1.54) is 10.3 Å². The summed E-state index contributed by atoms with van der Waals surface area (Å²) < 4.78 is 6.64. The number of nitrogens with zero attached hydrogens (tertiary/aromatic N) is 1. The number of carbonyl (C=O) groups is 1. The molecule has 0 atom stereocenters. The highest BCUT2D eigenvalue weighted by Crippen LogP contribution is 2.31. The molecule has 1 heterocycles. The Kier molecular flexibility index (Phi) is 6.25. The number of thiocarbonyl (C=S) groups is 1. The molecule has 0 aliphatic heterocycles. The summed E-state index contributed by atoms with van der Waals surface area (Å²) in [6, 6.07) is 21.6. The average Bonchev–Trinajstić information content (AvgIpc) is 3.17. The second-order valence-corrected chi connectivity index (χ2v) is 8.61. The number of carbonyl (C=O) groups excluding carboxylic acids is 1. The van der Waals surface area contributed by atoms with Gasteiger partial charge in [-0.15, -0.1) is 11.3 Å². The van der Waals surface area contributed by atoms with Crippen LogP contribution in [0.15, 0.2) is 66.7 Å². The Hall–Kier alpha value is -3.29. The molecule has 5 nitrogen and oxygen atoms in total. The Morgan fingerprint density at radius 2 is 1.71 bits per heavy atom. The molecule has 0 aliphatic carbocycles. The van der Waals surface area contributed by atoms with Gasteiger partial charge in [0.05, 0.1) is 10.2 Å². The fraction of sp³-hybridized carbons (Fsp3) is 0.125. The van der Waals surface area contributed by atoms with Crippen molar-refractivity contribution < 1.29 is 9.53 Å². The molecule has 2 N–H and O–H groups in total. The minimum Gasteiger partial charge on any atom is -0.484 e. The summed E-state index contributed by atoms with van der Waals surface area (Å²) in [6.07, 6.45) is 0. The van der Waals surface area contributed by atoms with E-state index in [1.807, 2.05) is 61.5 Å². The lowest BCUT2D eigenvalue weighted by Crippen LogP contribution is -2.37. The molecule has 0 saturated carbocycles. The standard InChI is InChI=1S/C24H21N3O2S2/c1-15-3-10-19(11-4-15)29-14-22(28)27-24(30)25-18-8-6-17(7-9-18)23-26-20-12-5-16(2)13-21(20)31-23/h3-13H,14H2,1-2H3,(H2,25,27,28,30). The highest BCUT2D eigenvalue weighted by Gasteiger charge is 2.09. The minimum absolute atomic E-state index is 0.110. The maximum atomic E-state index is 12.1. The predicted molar refractivity (Wildman–Crippen MR) is 131 cm³/mol. The van der Waals surface area contributed by atoms with Crippen molar-refractivity contribution >= 4 is 50.5 Å². The first-order valence-electron chi connectivity index (χ1n) is 9.74. The molecule has 0 aliphatic rings. The van der Waals surface area contributed by atoms with Crippen LogP contribution in [0.4, 0.5) is 5.69 Å². The lowest BCUT2D eigenvalue weighted by Gasteiger charge is -2.11. The maximum absolute atomic E-state index is 12.1. The summed E-state index contributed by atoms with van der Waals surface area (Å²) >= 11 is 6.90. The van der Waals surface area contributed by atoms with Crippen LogP contribution in [0.5, 0.6) is 5.75 Å². The van der Waals surface area contributed by atoms with Crippen molar-refractivity contribution in [2.75, 3.05) is 11.9 Å². The molecule has 0 saturated heterocycles. The van der Waals surface area contributed by atoms with Crippen molar-refractivity contribution in [1.82, 2.24) is 10.3 Å². The van der Waals surface area contributed by atoms with Crippen LogP contribution < -0.4 is 15.4 Å². The highest BCUT2D eigenvalue weighted by molar-refractivity contribution is 7.80. The van der Waals surface area contributed by atoms with Gasteiger partial charge in [-0.1, -0.05) is 23.8 Å². The number of hydrogen-bond donors (Lipinski definition) is 2. The summed E-state index contributed by atoms with van der Waals surface area (Å²) in [5, 5.41) is 6.84. The van der Waals surface area contributed by atoms with Gasteiger partial charge < -0.3 is 10.1 Å². The van der Waals surface area contributed by atoms with Crippen LogP contribution in [0.1, 0.15) is 11.1 Å². The van der Waals surface area contributed by atoms with Gasteiger partial charge >= 0.3 is 0 Å². The van der Waals surface area contributed by atoms with E-state index in [0.29, 0.717) is 5.75 Å². The van der Waals surface area contributed by atoms with Crippen LogP contribution >= 0.6 is 23.6 Å². The summed E-state index contributed by atoms with van der Waals surface area (Å²) in [6.45, 7) is 3.96. The van der Waals surface area contributed by atoms with Gasteiger partial charge in [0.25, 0.3) is 5.91 Å². The van der Waals surface area contributed by atoms with E-state index in [1.54, 1.807) is 11.3 Å². The molecule has 0 radical (unpaired) electrons. The Balaban J connectivity index is 1.32. The topological polar surface area (TPSA) is 63.2 Å². The third-order valence-corrected chi connectivity index (χ3v) is 5.85. The Morgan fingerprint density at radius 3 is 2.45 bits per heavy atom. The van der Waals surface area contributed by atoms with Crippen molar-refractivity contribution in [1.29, 1.82) is 0 Å². The fourth-order valence-electron chi connectivity index (χ4n) is 2.96. The number of fused-ring (bicyclic) bond motifs is 1. The number of ether oxygens (including phenoxy) is 1. The molecular weight excluding hydrogens is 426 g/mol. The first-order chi connectivity index (χ1) is 15.0. The number of amides is 1. The Bertz CT molecular complexity index is 1230. The van der Waals surface area contributed by atoms with Gasteiger partial charge in [0.1, 0.15) is 10.8 Å². The van der Waals surface area contributed by atoms with E-state index in [4.69, 9.17) is 21.9 Å². The van der Waals surface area contributed by atoms with Gasteiger partial charge in [0.15, 0.2) is 11.7 Å². The maximum Gasteiger partial charge on any atom is 0.264 e. The summed E-state index contributed by atoms with van der Waals surface area (Å²) in [4.78, 5) is 16.8. The number of aryl methyl sites for hydroxylation is 2. The van der Waals surface area contributed by atoms with Crippen LogP contribution in [-0.4, -0.2) is 22.6 Å². The molecule has 1 aromatic heterocycles. The Morgan fingerprint density at radius 1 is 1.00 bits per heavy atom. The lowest BCUT2D eigenvalue weighted by molar-refractivity contribution is -0.121. The lowest BCUT2D eigenvalue weighted by atomic mass is 10.2. The molecule has 4 rings (SSSR count). The number of nitrogens with one attached hydrogen (secondary N) is 2. The smallest absolute Gasteiger partial charge is 0.264 e. The number of rotatable bonds is 5. The van der Waals surface area contributed by atoms with Crippen LogP contribution in [-0.2, 0) is 4.79 Å². The molecule has 7 heteroatoms. The molecule has 31 heavy (non-hydrogen) atoms. The zero-order valence-electron chi connectivity index (χ0n) is 17.1. The van der Waals surface area contributed by atoms with Crippen molar-refractivity contribution in [2.24, 2.45) is 0 Å². The monoisotopic (exact) mass is 447 g/mol. The van der Waals surface area contributed by atoms with Crippen molar-refractivity contribution in [3.05, 3.63) is 77.9 Å². The molecular formula is C24H21N3O2S2. The van der Waals surface area contributed by atoms with Gasteiger partial charge in [-0.2, -0.15) is 0 Å². The molecule has 4 aromatic rings. The summed E-state index contributed by atoms with van der Waals surface area (Å²) in [5.41, 5.74) is 5.18. The van der Waals surface area contributed by atoms with Crippen LogP contribution in [0.25, 0.3) is 20.8 Å². The number of anilines is 1. The zero-order valence-corrected chi connectivity index (χ0v) is 18.8. The number of hydrogen-bond acceptors (Lipinski definition) is 5. The predicted octanol–water partition coefficient (Wildman–Crippen LogP) is 5.47. The number of benzene rings is 3. The molecule has 0 spiro atoms. The first kappa shape index (κ1) is 21.0. The second-order valence-electron chi connectivity index (χ2n) is 7.17. The normalized spacial score (nSPS) is 10.6. The SMILES string of the molecule is Cc1ccc(OCC(=O)NC(=S)Nc2ccc(-c3nc4ccc(C)cc4s3)cc2)cc1. The zero-order chi connectivity index (χ0) is 21.8. The molecule has 156 valence electrons. The molecule has 0 bridgehead atoms. The van der Waals surface area contributed by atoms with Crippen LogP contribution in [0.2, 0.25) is 0 Å². The van der Waals surface area contributed by atoms with Crippen molar-refractivity contribution in [3.63, 3.8) is 0 Å². The summed E-state index contributed by atoms with van der Waals surface area (Å²) in [5.74, 6) is 0.319. The van der Waals surface area contributed by atoms with Gasteiger partial charge in [0, 0.05) is 11.3 Å². The Labute approximate surface area is 190 Å². The van der Waals surface area contributed by atoms with E-state index < -0.39 is 0 Å². The van der Waals surface area contributed by atoms with Gasteiger partial charge in [-0.05, 0) is 80.2 Å². The van der Waals surface area contributed by atoms with Gasteiger partial charge in [0.2, 0.25) is 0 Å². The summed E-state index contributed by atoms with van der Waals surface area (Å²) in [7, 11) is 0. The van der Waals surface area contributed by atoms with E-state index in [0.717, 1.165) is 27.3 Å². The van der Waals surface area contributed by atoms with E-state index in [9.17, 15) is 4.79 Å². The highest BCUT2D eigenvalue weighted by atomic mass is 32.1. The van der Waals surface area contributed by atoms with Gasteiger partial charge in [-0.25, -0.2) is 4.98 Å². The van der Waals surface area contributed by atoms with Crippen LogP contribution in [0, 0.1) is 13.8 Å². The van der Waals surface area contributed by atoms with Crippen LogP contribution in [0.3, 0.4) is 0 Å². The fourth-order valence-corrected chi connectivity index (χ4v) is 4.26. The molecule has 0 fully saturated rings. The van der Waals surface area contributed by atoms with Crippen molar-refractivity contribution in [2.45, 2.75) is 13.8 Å². The van der Waals surface area contributed by atoms with E-state index in [2.05, 4.69) is 29.7 Å². The molecule has 3 aromatic carbocycles. The van der Waals surface area contributed by atoms with Gasteiger partial charge in [-0.3, -0.25) is 10.1 Å². The average molecular weight is 448 g/mol. The van der Waals surface area contributed by atoms with E-state index >= 15 is 0 Å². The molecule has 1 amide bonds. The third kappa shape index (κ3) is 5.45. The third-order valence-electron chi connectivity index (χ3n) is 4.58. The second kappa shape index (κ2) is 9.24. The number of aromatic nitrogens is 1. The largest absolute Gasteiger partial charge is 0.484 e. The first-order valence-corrected chi connectivity index (χ1v) is 11.0. The van der Waals surface area contributed by atoms with E-state index in [-0.39, 0.29) is 17.6 Å². The number of thiazole rings is 1. The van der Waals surface area contributed by atoms with Crippen molar-refractivity contribution in [3.8, 4) is 16.3 Å².